The van der Waals surface area contributed by atoms with Crippen molar-refractivity contribution in [2.45, 2.75) is 39.0 Å². The van der Waals surface area contributed by atoms with E-state index in [1.165, 1.54) is 0 Å². The van der Waals surface area contributed by atoms with Gasteiger partial charge in [-0.25, -0.2) is 4.98 Å². The van der Waals surface area contributed by atoms with E-state index in [1.807, 2.05) is 11.5 Å². The van der Waals surface area contributed by atoms with Gasteiger partial charge in [-0.2, -0.15) is 0 Å². The predicted octanol–water partition coefficient (Wildman–Crippen LogP) is 0.525. The Labute approximate surface area is 111 Å². The average molecular weight is 263 g/mol. The molecule has 2 aliphatic heterocycles. The lowest BCUT2D eigenvalue weighted by Crippen LogP contribution is -2.43. The molecule has 1 aromatic rings. The summed E-state index contributed by atoms with van der Waals surface area (Å²) in [4.78, 5) is 29.3. The first-order valence-electron chi connectivity index (χ1n) is 6.62. The van der Waals surface area contributed by atoms with E-state index in [9.17, 15) is 9.59 Å². The van der Waals surface area contributed by atoms with Crippen molar-refractivity contribution in [2.75, 3.05) is 13.2 Å². The molecule has 0 radical (unpaired) electrons. The highest BCUT2D eigenvalue weighted by atomic mass is 16.5. The number of hydrogen-bond acceptors (Lipinski definition) is 4. The summed E-state index contributed by atoms with van der Waals surface area (Å²) in [6, 6.07) is 0. The van der Waals surface area contributed by atoms with Gasteiger partial charge in [0, 0.05) is 19.7 Å². The van der Waals surface area contributed by atoms with Crippen LogP contribution in [0.25, 0.3) is 0 Å². The van der Waals surface area contributed by atoms with Gasteiger partial charge in [-0.1, -0.05) is 0 Å². The number of aldehydes is 1. The number of amides is 1. The van der Waals surface area contributed by atoms with Gasteiger partial charge in [0.25, 0.3) is 5.91 Å². The Morgan fingerprint density at radius 3 is 3.00 bits per heavy atom. The summed E-state index contributed by atoms with van der Waals surface area (Å²) in [5, 5.41) is 0. The van der Waals surface area contributed by atoms with Crippen molar-refractivity contribution in [3.05, 3.63) is 17.2 Å². The highest BCUT2D eigenvalue weighted by Gasteiger charge is 2.31. The maximum absolute atomic E-state index is 12.3. The summed E-state index contributed by atoms with van der Waals surface area (Å²) < 4.78 is 7.45. The van der Waals surface area contributed by atoms with Crippen molar-refractivity contribution in [1.82, 2.24) is 14.5 Å². The van der Waals surface area contributed by atoms with Gasteiger partial charge < -0.3 is 14.2 Å². The number of aromatic nitrogens is 2. The molecule has 0 saturated carbocycles. The van der Waals surface area contributed by atoms with Crippen molar-refractivity contribution < 1.29 is 14.3 Å². The van der Waals surface area contributed by atoms with Crippen molar-refractivity contribution in [1.29, 1.82) is 0 Å². The number of nitrogens with zero attached hydrogens (tertiary/aromatic N) is 3. The van der Waals surface area contributed by atoms with Crippen LogP contribution in [-0.2, 0) is 22.6 Å². The molecule has 0 bridgehead atoms. The zero-order valence-electron chi connectivity index (χ0n) is 11.0. The molecule has 1 aromatic heterocycles. The maximum Gasteiger partial charge on any atom is 0.252 e. The molecule has 0 N–H and O–H groups in total. The van der Waals surface area contributed by atoms with E-state index in [0.29, 0.717) is 31.9 Å². The normalized spacial score (nSPS) is 22.4. The molecule has 1 unspecified atom stereocenters. The summed E-state index contributed by atoms with van der Waals surface area (Å²) in [7, 11) is 0. The van der Waals surface area contributed by atoms with Crippen molar-refractivity contribution in [2.24, 2.45) is 0 Å². The Hall–Kier alpha value is -1.69. The molecule has 6 nitrogen and oxygen atoms in total. The highest BCUT2D eigenvalue weighted by molar-refractivity contribution is 5.82. The maximum atomic E-state index is 12.3. The van der Waals surface area contributed by atoms with Gasteiger partial charge in [0.15, 0.2) is 6.29 Å². The fourth-order valence-corrected chi connectivity index (χ4v) is 2.83. The average Bonchev–Trinajstić information content (AvgIpc) is 3.06. The quantitative estimate of drug-likeness (QED) is 0.730. The molecular weight excluding hydrogens is 246 g/mol. The lowest BCUT2D eigenvalue weighted by molar-refractivity contribution is -0.142. The zero-order chi connectivity index (χ0) is 13.4. The van der Waals surface area contributed by atoms with E-state index in [-0.39, 0.29) is 12.0 Å². The number of ether oxygens (including phenoxy) is 1. The first-order chi connectivity index (χ1) is 9.20. The first-order valence-corrected chi connectivity index (χ1v) is 6.62. The summed E-state index contributed by atoms with van der Waals surface area (Å²) in [5.41, 5.74) is 1.28. The fraction of sp³-hybridized carbons (Fsp3) is 0.615. The largest absolute Gasteiger partial charge is 0.368 e. The molecule has 0 aromatic carbocycles. The van der Waals surface area contributed by atoms with E-state index < -0.39 is 0 Å². The van der Waals surface area contributed by atoms with Crippen LogP contribution in [0, 0.1) is 6.92 Å². The lowest BCUT2D eigenvalue weighted by Gasteiger charge is -2.30. The van der Waals surface area contributed by atoms with Crippen LogP contribution in [-0.4, -0.2) is 45.9 Å². The second kappa shape index (κ2) is 4.77. The number of imidazole rings is 1. The number of rotatable bonds is 2. The summed E-state index contributed by atoms with van der Waals surface area (Å²) in [6.45, 7) is 4.35. The minimum Gasteiger partial charge on any atom is -0.368 e. The Bertz CT molecular complexity index is 517. The third kappa shape index (κ3) is 2.06. The van der Waals surface area contributed by atoms with E-state index in [2.05, 4.69) is 4.98 Å². The van der Waals surface area contributed by atoms with Gasteiger partial charge in [-0.15, -0.1) is 0 Å². The van der Waals surface area contributed by atoms with Crippen LogP contribution in [0.1, 0.15) is 34.8 Å². The van der Waals surface area contributed by atoms with Gasteiger partial charge in [0.05, 0.1) is 12.2 Å². The molecule has 6 heteroatoms. The summed E-state index contributed by atoms with van der Waals surface area (Å²) in [6.07, 6.45) is 2.21. The van der Waals surface area contributed by atoms with Crippen LogP contribution in [0.2, 0.25) is 0 Å². The molecule has 1 atom stereocenters. The van der Waals surface area contributed by atoms with Crippen LogP contribution in [0.5, 0.6) is 0 Å². The molecule has 1 saturated heterocycles. The van der Waals surface area contributed by atoms with Crippen molar-refractivity contribution in [3.63, 3.8) is 0 Å². The molecule has 3 rings (SSSR count). The zero-order valence-corrected chi connectivity index (χ0v) is 11.0. The van der Waals surface area contributed by atoms with Crippen molar-refractivity contribution >= 4 is 12.2 Å². The van der Waals surface area contributed by atoms with Gasteiger partial charge in [-0.3, -0.25) is 9.59 Å². The van der Waals surface area contributed by atoms with E-state index >= 15 is 0 Å². The smallest absolute Gasteiger partial charge is 0.252 e. The van der Waals surface area contributed by atoms with E-state index in [4.69, 9.17) is 4.74 Å². The minimum absolute atomic E-state index is 0.0412. The minimum atomic E-state index is -0.296. The standard InChI is InChI=1S/C13H17N3O3/c1-9-14-10(8-17)11-7-15(4-5-16(9)11)13(18)12-3-2-6-19-12/h8,12H,2-7H2,1H3. The molecule has 1 amide bonds. The molecule has 2 aliphatic rings. The molecule has 1 fully saturated rings. The number of hydrogen-bond donors (Lipinski definition) is 0. The van der Waals surface area contributed by atoms with Crippen molar-refractivity contribution in [3.8, 4) is 0 Å². The Morgan fingerprint density at radius 2 is 2.32 bits per heavy atom. The Kier molecular flexibility index (Phi) is 3.10. The predicted molar refractivity (Wildman–Crippen MR) is 66.7 cm³/mol. The number of carbonyl (C=O) groups is 2. The number of aryl methyl sites for hydroxylation is 1. The van der Waals surface area contributed by atoms with Gasteiger partial charge in [0.1, 0.15) is 17.6 Å². The SMILES string of the molecule is Cc1nc(C=O)c2n1CCN(C(=O)C1CCCO1)C2. The van der Waals surface area contributed by atoms with Gasteiger partial charge in [0.2, 0.25) is 0 Å². The second-order valence-corrected chi connectivity index (χ2v) is 5.02. The Balaban J connectivity index is 1.81. The van der Waals surface area contributed by atoms with Crippen LogP contribution >= 0.6 is 0 Å². The Morgan fingerprint density at radius 1 is 1.47 bits per heavy atom. The third-order valence-electron chi connectivity index (χ3n) is 3.86. The van der Waals surface area contributed by atoms with E-state index in [1.54, 1.807) is 4.90 Å². The summed E-state index contributed by atoms with van der Waals surface area (Å²) >= 11 is 0. The topological polar surface area (TPSA) is 64.4 Å². The van der Waals surface area contributed by atoms with Crippen LogP contribution in [0.4, 0.5) is 0 Å². The molecule has 0 spiro atoms. The number of fused-ring (bicyclic) bond motifs is 1. The monoisotopic (exact) mass is 263 g/mol. The first kappa shape index (κ1) is 12.3. The lowest BCUT2D eigenvalue weighted by atomic mass is 10.2. The molecule has 19 heavy (non-hydrogen) atoms. The molecule has 3 heterocycles. The second-order valence-electron chi connectivity index (χ2n) is 5.02. The third-order valence-corrected chi connectivity index (χ3v) is 3.86. The fourth-order valence-electron chi connectivity index (χ4n) is 2.83. The number of carbonyl (C=O) groups excluding carboxylic acids is 2. The molecular formula is C13H17N3O3. The highest BCUT2D eigenvalue weighted by Crippen LogP contribution is 2.21. The van der Waals surface area contributed by atoms with Crippen LogP contribution < -0.4 is 0 Å². The molecule has 0 aliphatic carbocycles. The summed E-state index contributed by atoms with van der Waals surface area (Å²) in [5.74, 6) is 0.876. The van der Waals surface area contributed by atoms with E-state index in [0.717, 1.165) is 30.6 Å². The van der Waals surface area contributed by atoms with Crippen LogP contribution in [0.15, 0.2) is 0 Å². The van der Waals surface area contributed by atoms with Gasteiger partial charge in [-0.05, 0) is 19.8 Å². The molecule has 102 valence electrons. The van der Waals surface area contributed by atoms with Gasteiger partial charge >= 0.3 is 0 Å². The van der Waals surface area contributed by atoms with Crippen LogP contribution in [0.3, 0.4) is 0 Å².